The van der Waals surface area contributed by atoms with Gasteiger partial charge in [0.15, 0.2) is 0 Å². The highest BCUT2D eigenvalue weighted by Crippen LogP contribution is 2.30. The van der Waals surface area contributed by atoms with Gasteiger partial charge in [-0.3, -0.25) is 4.79 Å². The van der Waals surface area contributed by atoms with Crippen molar-refractivity contribution in [3.05, 3.63) is 54.1 Å². The predicted molar refractivity (Wildman–Crippen MR) is 101 cm³/mol. The summed E-state index contributed by atoms with van der Waals surface area (Å²) in [6, 6.07) is 15.5. The number of para-hydroxylation sites is 1. The van der Waals surface area contributed by atoms with E-state index < -0.39 is 6.09 Å². The zero-order valence-corrected chi connectivity index (χ0v) is 14.8. The number of aromatic nitrogens is 1. The van der Waals surface area contributed by atoms with E-state index in [9.17, 15) is 9.59 Å². The molecule has 1 aliphatic rings. The van der Waals surface area contributed by atoms with Gasteiger partial charge in [-0.05, 0) is 24.3 Å². The van der Waals surface area contributed by atoms with E-state index >= 15 is 0 Å². The van der Waals surface area contributed by atoms with Crippen molar-refractivity contribution in [3.8, 4) is 10.6 Å². The average Bonchev–Trinajstić information content (AvgIpc) is 3.12. The van der Waals surface area contributed by atoms with Crippen molar-refractivity contribution in [2.75, 3.05) is 26.2 Å². The Morgan fingerprint density at radius 3 is 2.23 bits per heavy atom. The van der Waals surface area contributed by atoms with E-state index in [1.54, 1.807) is 16.2 Å². The SMILES string of the molecule is O=C(O)N1CCN(C(=O)c2ccc(-c3nc4ccccc4s3)cc2)CC1. The molecule has 4 rings (SSSR count). The van der Waals surface area contributed by atoms with Crippen LogP contribution >= 0.6 is 11.3 Å². The fraction of sp³-hybridized carbons (Fsp3) is 0.211. The molecule has 3 aromatic rings. The van der Waals surface area contributed by atoms with Crippen molar-refractivity contribution in [3.63, 3.8) is 0 Å². The van der Waals surface area contributed by atoms with Crippen LogP contribution in [-0.4, -0.2) is 58.1 Å². The summed E-state index contributed by atoms with van der Waals surface area (Å²) in [4.78, 5) is 31.2. The molecule has 0 atom stereocenters. The van der Waals surface area contributed by atoms with Gasteiger partial charge in [0.2, 0.25) is 0 Å². The van der Waals surface area contributed by atoms with Crippen LogP contribution in [0.3, 0.4) is 0 Å². The molecular formula is C19H17N3O3S. The number of fused-ring (bicyclic) bond motifs is 1. The van der Waals surface area contributed by atoms with E-state index in [1.165, 1.54) is 4.90 Å². The normalized spacial score (nSPS) is 14.6. The quantitative estimate of drug-likeness (QED) is 0.753. The van der Waals surface area contributed by atoms with Gasteiger partial charge in [0.25, 0.3) is 5.91 Å². The second-order valence-electron chi connectivity index (χ2n) is 6.13. The zero-order chi connectivity index (χ0) is 18.1. The Balaban J connectivity index is 1.49. The van der Waals surface area contributed by atoms with Gasteiger partial charge in [0, 0.05) is 37.3 Å². The smallest absolute Gasteiger partial charge is 0.407 e. The van der Waals surface area contributed by atoms with Crippen LogP contribution in [0.5, 0.6) is 0 Å². The summed E-state index contributed by atoms with van der Waals surface area (Å²) in [5, 5.41) is 9.92. The number of thiazole rings is 1. The summed E-state index contributed by atoms with van der Waals surface area (Å²) in [5.41, 5.74) is 2.57. The molecule has 1 N–H and O–H groups in total. The van der Waals surface area contributed by atoms with Crippen LogP contribution in [0, 0.1) is 0 Å². The molecule has 0 aliphatic carbocycles. The molecule has 0 saturated carbocycles. The van der Waals surface area contributed by atoms with E-state index in [0.717, 1.165) is 20.8 Å². The molecule has 7 heteroatoms. The van der Waals surface area contributed by atoms with Gasteiger partial charge in [-0.1, -0.05) is 24.3 Å². The monoisotopic (exact) mass is 367 g/mol. The molecule has 1 fully saturated rings. The molecule has 2 amide bonds. The van der Waals surface area contributed by atoms with Crippen LogP contribution in [0.1, 0.15) is 10.4 Å². The fourth-order valence-corrected chi connectivity index (χ4v) is 4.01. The highest BCUT2D eigenvalue weighted by atomic mass is 32.1. The minimum atomic E-state index is -0.933. The molecule has 2 aromatic carbocycles. The van der Waals surface area contributed by atoms with Gasteiger partial charge in [-0.15, -0.1) is 11.3 Å². The molecule has 0 unspecified atom stereocenters. The molecular weight excluding hydrogens is 350 g/mol. The summed E-state index contributed by atoms with van der Waals surface area (Å²) in [6.07, 6.45) is -0.933. The highest BCUT2D eigenvalue weighted by Gasteiger charge is 2.24. The first-order chi connectivity index (χ1) is 12.6. The van der Waals surface area contributed by atoms with Gasteiger partial charge in [-0.2, -0.15) is 0 Å². The third-order valence-electron chi connectivity index (χ3n) is 4.51. The third-order valence-corrected chi connectivity index (χ3v) is 5.60. The Labute approximate surface area is 154 Å². The number of amides is 2. The highest BCUT2D eigenvalue weighted by molar-refractivity contribution is 7.21. The van der Waals surface area contributed by atoms with Crippen LogP contribution in [0.2, 0.25) is 0 Å². The fourth-order valence-electron chi connectivity index (χ4n) is 3.03. The third kappa shape index (κ3) is 3.13. The van der Waals surface area contributed by atoms with Crippen molar-refractivity contribution in [2.24, 2.45) is 0 Å². The molecule has 26 heavy (non-hydrogen) atoms. The maximum atomic E-state index is 12.6. The van der Waals surface area contributed by atoms with E-state index in [1.807, 2.05) is 48.5 Å². The van der Waals surface area contributed by atoms with Crippen molar-refractivity contribution in [2.45, 2.75) is 0 Å². The molecule has 1 saturated heterocycles. The predicted octanol–water partition coefficient (Wildman–Crippen LogP) is 3.40. The number of carbonyl (C=O) groups is 2. The number of rotatable bonds is 2. The Bertz CT molecular complexity index is 927. The first-order valence-corrected chi connectivity index (χ1v) is 9.16. The molecule has 0 spiro atoms. The zero-order valence-electron chi connectivity index (χ0n) is 14.0. The Morgan fingerprint density at radius 1 is 0.923 bits per heavy atom. The minimum absolute atomic E-state index is 0.0640. The molecule has 132 valence electrons. The van der Waals surface area contributed by atoms with Crippen LogP contribution < -0.4 is 0 Å². The topological polar surface area (TPSA) is 73.7 Å². The Hall–Kier alpha value is -2.93. The number of carbonyl (C=O) groups excluding carboxylic acids is 1. The van der Waals surface area contributed by atoms with E-state index in [0.29, 0.717) is 31.7 Å². The van der Waals surface area contributed by atoms with E-state index in [-0.39, 0.29) is 5.91 Å². The molecule has 2 heterocycles. The number of nitrogens with zero attached hydrogens (tertiary/aromatic N) is 3. The lowest BCUT2D eigenvalue weighted by molar-refractivity contribution is 0.0625. The number of benzene rings is 2. The summed E-state index contributed by atoms with van der Waals surface area (Å²) < 4.78 is 1.14. The Kier molecular flexibility index (Phi) is 4.30. The summed E-state index contributed by atoms with van der Waals surface area (Å²) in [7, 11) is 0. The molecule has 0 radical (unpaired) electrons. The van der Waals surface area contributed by atoms with Crippen LogP contribution in [0.4, 0.5) is 4.79 Å². The minimum Gasteiger partial charge on any atom is -0.465 e. The van der Waals surface area contributed by atoms with Crippen LogP contribution in [-0.2, 0) is 0 Å². The standard InChI is InChI=1S/C19H17N3O3S/c23-18(21-9-11-22(12-10-21)19(24)25)14-7-5-13(6-8-14)17-20-15-3-1-2-4-16(15)26-17/h1-8H,9-12H2,(H,24,25). The number of carboxylic acid groups (broad SMARTS) is 1. The summed E-state index contributed by atoms with van der Waals surface area (Å²) in [5.74, 6) is -0.0640. The van der Waals surface area contributed by atoms with Gasteiger partial charge >= 0.3 is 6.09 Å². The first kappa shape index (κ1) is 16.5. The number of piperazine rings is 1. The second kappa shape index (κ2) is 6.76. The van der Waals surface area contributed by atoms with Crippen molar-refractivity contribution < 1.29 is 14.7 Å². The van der Waals surface area contributed by atoms with Crippen LogP contribution in [0.25, 0.3) is 20.8 Å². The molecule has 1 aliphatic heterocycles. The maximum Gasteiger partial charge on any atom is 0.407 e. The first-order valence-electron chi connectivity index (χ1n) is 8.35. The lowest BCUT2D eigenvalue weighted by Crippen LogP contribution is -2.50. The van der Waals surface area contributed by atoms with E-state index in [4.69, 9.17) is 5.11 Å². The van der Waals surface area contributed by atoms with Crippen LogP contribution in [0.15, 0.2) is 48.5 Å². The Morgan fingerprint density at radius 2 is 1.58 bits per heavy atom. The molecule has 6 nitrogen and oxygen atoms in total. The summed E-state index contributed by atoms with van der Waals surface area (Å²) >= 11 is 1.63. The number of hydrogen-bond donors (Lipinski definition) is 1. The lowest BCUT2D eigenvalue weighted by Gasteiger charge is -2.33. The summed E-state index contributed by atoms with van der Waals surface area (Å²) in [6.45, 7) is 1.55. The molecule has 1 aromatic heterocycles. The largest absolute Gasteiger partial charge is 0.465 e. The maximum absolute atomic E-state index is 12.6. The molecule has 0 bridgehead atoms. The van der Waals surface area contributed by atoms with Gasteiger partial charge in [0.1, 0.15) is 5.01 Å². The van der Waals surface area contributed by atoms with Gasteiger partial charge in [-0.25, -0.2) is 9.78 Å². The lowest BCUT2D eigenvalue weighted by atomic mass is 10.1. The van der Waals surface area contributed by atoms with Gasteiger partial charge < -0.3 is 14.9 Å². The van der Waals surface area contributed by atoms with Crippen molar-refractivity contribution in [1.82, 2.24) is 14.8 Å². The average molecular weight is 367 g/mol. The van der Waals surface area contributed by atoms with Crippen molar-refractivity contribution in [1.29, 1.82) is 0 Å². The second-order valence-corrected chi connectivity index (χ2v) is 7.16. The number of hydrogen-bond acceptors (Lipinski definition) is 4. The van der Waals surface area contributed by atoms with Gasteiger partial charge in [0.05, 0.1) is 10.2 Å². The van der Waals surface area contributed by atoms with E-state index in [2.05, 4.69) is 4.98 Å². The van der Waals surface area contributed by atoms with Crippen molar-refractivity contribution >= 4 is 33.6 Å².